The first kappa shape index (κ1) is 15.6. The molecule has 0 saturated carbocycles. The molecular weight excluding hydrogens is 299 g/mol. The number of hydrogen-bond acceptors (Lipinski definition) is 4. The maximum atomic E-state index is 13.1. The first-order valence-electron chi connectivity index (χ1n) is 6.60. The lowest BCUT2D eigenvalue weighted by Gasteiger charge is -2.14. The molecule has 2 amide bonds. The monoisotopic (exact) mass is 316 g/mol. The normalized spacial score (nSPS) is 20.0. The molecule has 1 saturated heterocycles. The molecule has 1 aromatic rings. The van der Waals surface area contributed by atoms with E-state index in [4.69, 9.17) is 4.74 Å². The van der Waals surface area contributed by atoms with Crippen LogP contribution in [-0.4, -0.2) is 38.6 Å². The Kier molecular flexibility index (Phi) is 4.66. The number of hydrogen-bond donors (Lipinski definition) is 2. The van der Waals surface area contributed by atoms with Gasteiger partial charge in [0.25, 0.3) is 0 Å². The van der Waals surface area contributed by atoms with Gasteiger partial charge >= 0.3 is 6.03 Å². The Morgan fingerprint density at radius 1 is 1.48 bits per heavy atom. The summed E-state index contributed by atoms with van der Waals surface area (Å²) in [6.07, 6.45) is 0.400. The minimum absolute atomic E-state index is 0.0534. The molecule has 2 rings (SSSR count). The van der Waals surface area contributed by atoms with Crippen molar-refractivity contribution in [2.24, 2.45) is 0 Å². The van der Waals surface area contributed by atoms with Gasteiger partial charge in [-0.1, -0.05) is 0 Å². The van der Waals surface area contributed by atoms with Crippen LogP contribution in [0.2, 0.25) is 0 Å². The van der Waals surface area contributed by atoms with Gasteiger partial charge in [-0.15, -0.1) is 0 Å². The zero-order valence-electron chi connectivity index (χ0n) is 11.6. The summed E-state index contributed by atoms with van der Waals surface area (Å²) in [6.45, 7) is 2.08. The van der Waals surface area contributed by atoms with Crippen molar-refractivity contribution in [1.82, 2.24) is 5.32 Å². The van der Waals surface area contributed by atoms with E-state index < -0.39 is 27.7 Å². The molecule has 1 aliphatic rings. The van der Waals surface area contributed by atoms with Gasteiger partial charge in [0.2, 0.25) is 0 Å². The lowest BCUT2D eigenvalue weighted by atomic mass is 10.2. The number of carbonyl (C=O) groups is 1. The van der Waals surface area contributed by atoms with Crippen molar-refractivity contribution in [2.75, 3.05) is 23.4 Å². The average molecular weight is 316 g/mol. The highest BCUT2D eigenvalue weighted by Crippen LogP contribution is 2.25. The molecule has 21 heavy (non-hydrogen) atoms. The van der Waals surface area contributed by atoms with Crippen LogP contribution < -0.4 is 15.4 Å². The van der Waals surface area contributed by atoms with Crippen LogP contribution >= 0.6 is 0 Å². The van der Waals surface area contributed by atoms with E-state index in [0.29, 0.717) is 18.7 Å². The molecule has 8 heteroatoms. The van der Waals surface area contributed by atoms with Gasteiger partial charge in [0, 0.05) is 12.1 Å². The number of rotatable bonds is 4. The van der Waals surface area contributed by atoms with Crippen molar-refractivity contribution >= 4 is 21.6 Å². The summed E-state index contributed by atoms with van der Waals surface area (Å²) in [5, 5.41) is 5.13. The van der Waals surface area contributed by atoms with Crippen LogP contribution in [0.5, 0.6) is 5.75 Å². The summed E-state index contributed by atoms with van der Waals surface area (Å²) in [5.41, 5.74) is 0.330. The molecule has 1 aliphatic heterocycles. The second-order valence-electron chi connectivity index (χ2n) is 4.77. The SMILES string of the molecule is CCOc1cc(F)ccc1NC(=O)NC1CCS(=O)(=O)C1. The smallest absolute Gasteiger partial charge is 0.319 e. The van der Waals surface area contributed by atoms with Crippen LogP contribution in [0, 0.1) is 5.82 Å². The van der Waals surface area contributed by atoms with Crippen LogP contribution in [0.1, 0.15) is 13.3 Å². The quantitative estimate of drug-likeness (QED) is 0.882. The minimum atomic E-state index is -3.05. The van der Waals surface area contributed by atoms with Gasteiger partial charge in [0.1, 0.15) is 11.6 Å². The van der Waals surface area contributed by atoms with Crippen molar-refractivity contribution in [2.45, 2.75) is 19.4 Å². The Balaban J connectivity index is 1.99. The highest BCUT2D eigenvalue weighted by atomic mass is 32.2. The fraction of sp³-hybridized carbons (Fsp3) is 0.462. The average Bonchev–Trinajstić information content (AvgIpc) is 2.72. The van der Waals surface area contributed by atoms with Gasteiger partial charge in [-0.3, -0.25) is 0 Å². The molecule has 1 aromatic carbocycles. The zero-order valence-corrected chi connectivity index (χ0v) is 12.4. The summed E-state index contributed by atoms with van der Waals surface area (Å²) >= 11 is 0. The van der Waals surface area contributed by atoms with E-state index in [2.05, 4.69) is 10.6 Å². The van der Waals surface area contributed by atoms with Gasteiger partial charge in [-0.25, -0.2) is 17.6 Å². The number of halogens is 1. The molecular formula is C13H17FN2O4S. The van der Waals surface area contributed by atoms with Crippen LogP contribution in [0.4, 0.5) is 14.9 Å². The van der Waals surface area contributed by atoms with Gasteiger partial charge < -0.3 is 15.4 Å². The first-order valence-corrected chi connectivity index (χ1v) is 8.42. The summed E-state index contributed by atoms with van der Waals surface area (Å²) in [5.74, 6) is -0.209. The van der Waals surface area contributed by atoms with Crippen molar-refractivity contribution in [3.63, 3.8) is 0 Å². The minimum Gasteiger partial charge on any atom is -0.492 e. The first-order chi connectivity index (χ1) is 9.89. The predicted molar refractivity (Wildman–Crippen MR) is 76.8 cm³/mol. The summed E-state index contributed by atoms with van der Waals surface area (Å²) < 4.78 is 41.0. The van der Waals surface area contributed by atoms with Crippen molar-refractivity contribution < 1.29 is 22.3 Å². The van der Waals surface area contributed by atoms with E-state index in [9.17, 15) is 17.6 Å². The van der Waals surface area contributed by atoms with E-state index >= 15 is 0 Å². The summed E-state index contributed by atoms with van der Waals surface area (Å²) in [4.78, 5) is 11.9. The van der Waals surface area contributed by atoms with E-state index in [0.717, 1.165) is 0 Å². The lowest BCUT2D eigenvalue weighted by Crippen LogP contribution is -2.38. The fourth-order valence-electron chi connectivity index (χ4n) is 2.13. The van der Waals surface area contributed by atoms with Crippen LogP contribution in [0.25, 0.3) is 0 Å². The van der Waals surface area contributed by atoms with Crippen molar-refractivity contribution in [3.8, 4) is 5.75 Å². The lowest BCUT2D eigenvalue weighted by molar-refractivity contribution is 0.249. The van der Waals surface area contributed by atoms with Gasteiger partial charge in [0.15, 0.2) is 9.84 Å². The summed E-state index contributed by atoms with van der Waals surface area (Å²) in [7, 11) is -3.05. The Labute approximate surface area is 122 Å². The molecule has 0 bridgehead atoms. The number of ether oxygens (including phenoxy) is 1. The molecule has 0 aliphatic carbocycles. The zero-order chi connectivity index (χ0) is 15.5. The molecule has 1 heterocycles. The number of benzene rings is 1. The van der Waals surface area contributed by atoms with Crippen molar-refractivity contribution in [1.29, 1.82) is 0 Å². The van der Waals surface area contributed by atoms with E-state index in [-0.39, 0.29) is 17.3 Å². The standard InChI is InChI=1S/C13H17FN2O4S/c1-2-20-12-7-9(14)3-4-11(12)16-13(17)15-10-5-6-21(18,19)8-10/h3-4,7,10H,2,5-6,8H2,1H3,(H2,15,16,17). The van der Waals surface area contributed by atoms with Crippen LogP contribution in [0.3, 0.4) is 0 Å². The Morgan fingerprint density at radius 3 is 2.86 bits per heavy atom. The molecule has 2 N–H and O–H groups in total. The molecule has 0 radical (unpaired) electrons. The summed E-state index contributed by atoms with van der Waals surface area (Å²) in [6, 6.07) is 2.85. The predicted octanol–water partition coefficient (Wildman–Crippen LogP) is 1.53. The third-order valence-corrected chi connectivity index (χ3v) is 4.83. The molecule has 116 valence electrons. The van der Waals surface area contributed by atoms with Gasteiger partial charge in [0.05, 0.1) is 23.8 Å². The largest absolute Gasteiger partial charge is 0.492 e. The van der Waals surface area contributed by atoms with E-state index in [1.54, 1.807) is 6.92 Å². The topological polar surface area (TPSA) is 84.5 Å². The molecule has 0 aromatic heterocycles. The fourth-order valence-corrected chi connectivity index (χ4v) is 3.80. The van der Waals surface area contributed by atoms with E-state index in [1.165, 1.54) is 18.2 Å². The van der Waals surface area contributed by atoms with Gasteiger partial charge in [-0.2, -0.15) is 0 Å². The number of nitrogens with one attached hydrogen (secondary N) is 2. The maximum Gasteiger partial charge on any atom is 0.319 e. The number of urea groups is 1. The third kappa shape index (κ3) is 4.32. The molecule has 1 atom stereocenters. The highest BCUT2D eigenvalue weighted by molar-refractivity contribution is 7.91. The number of amides is 2. The number of carbonyl (C=O) groups excluding carboxylic acids is 1. The molecule has 0 spiro atoms. The Hall–Kier alpha value is -1.83. The third-order valence-electron chi connectivity index (χ3n) is 3.06. The molecule has 6 nitrogen and oxygen atoms in total. The highest BCUT2D eigenvalue weighted by Gasteiger charge is 2.29. The Morgan fingerprint density at radius 2 is 2.24 bits per heavy atom. The molecule has 1 unspecified atom stereocenters. The van der Waals surface area contributed by atoms with E-state index in [1.807, 2.05) is 0 Å². The van der Waals surface area contributed by atoms with Crippen molar-refractivity contribution in [3.05, 3.63) is 24.0 Å². The van der Waals surface area contributed by atoms with Crippen LogP contribution in [0.15, 0.2) is 18.2 Å². The number of anilines is 1. The molecule has 1 fully saturated rings. The second kappa shape index (κ2) is 6.30. The van der Waals surface area contributed by atoms with Gasteiger partial charge in [-0.05, 0) is 25.5 Å². The Bertz CT molecular complexity index is 633. The van der Waals surface area contributed by atoms with Crippen LogP contribution in [-0.2, 0) is 9.84 Å². The maximum absolute atomic E-state index is 13.1. The number of sulfone groups is 1. The second-order valence-corrected chi connectivity index (χ2v) is 7.00.